The van der Waals surface area contributed by atoms with Crippen molar-refractivity contribution in [3.05, 3.63) is 71.8 Å². The molecule has 0 spiro atoms. The Morgan fingerprint density at radius 1 is 0.824 bits per heavy atom. The summed E-state index contributed by atoms with van der Waals surface area (Å²) in [6.45, 7) is 9.26. The molecule has 2 atom stereocenters. The minimum absolute atomic E-state index is 0.104. The molecule has 7 nitrogen and oxygen atoms in total. The largest absolute Gasteiger partial charge is 0.459 e. The predicted molar refractivity (Wildman–Crippen MR) is 131 cm³/mol. The first-order valence-electron chi connectivity index (χ1n) is 11.6. The molecule has 2 amide bonds. The lowest BCUT2D eigenvalue weighted by Gasteiger charge is -2.26. The maximum atomic E-state index is 13.2. The van der Waals surface area contributed by atoms with Gasteiger partial charge >= 0.3 is 12.1 Å². The standard InChI is InChI=1S/C27H36N2O5/c1-19(2)16-22(29-26(32)34-27(3,4)5)24(30)28-23(17-20-12-8-6-9-13-20)25(31)33-18-21-14-10-7-11-15-21/h6-15,19,22-23H,16-18H2,1-5H3,(H,28,30)(H,29,32)/t22-,23?/m0/s1. The molecule has 0 aliphatic heterocycles. The average Bonchev–Trinajstić information content (AvgIpc) is 2.76. The van der Waals surface area contributed by atoms with Crippen molar-refractivity contribution in [1.29, 1.82) is 0 Å². The number of esters is 1. The minimum Gasteiger partial charge on any atom is -0.459 e. The van der Waals surface area contributed by atoms with E-state index in [0.29, 0.717) is 6.42 Å². The van der Waals surface area contributed by atoms with Crippen LogP contribution in [0.1, 0.15) is 52.2 Å². The Bertz CT molecular complexity index is 923. The maximum Gasteiger partial charge on any atom is 0.408 e. The van der Waals surface area contributed by atoms with Gasteiger partial charge in [0.2, 0.25) is 5.91 Å². The summed E-state index contributed by atoms with van der Waals surface area (Å²) in [4.78, 5) is 38.5. The van der Waals surface area contributed by atoms with Gasteiger partial charge in [-0.1, -0.05) is 74.5 Å². The average molecular weight is 469 g/mol. The van der Waals surface area contributed by atoms with Gasteiger partial charge in [0, 0.05) is 6.42 Å². The fourth-order valence-electron chi connectivity index (χ4n) is 3.30. The van der Waals surface area contributed by atoms with E-state index in [1.54, 1.807) is 20.8 Å². The van der Waals surface area contributed by atoms with Crippen molar-refractivity contribution in [3.63, 3.8) is 0 Å². The van der Waals surface area contributed by atoms with Crippen LogP contribution in [0.15, 0.2) is 60.7 Å². The first kappa shape index (κ1) is 26.9. The van der Waals surface area contributed by atoms with E-state index in [1.165, 1.54) is 0 Å². The first-order chi connectivity index (χ1) is 16.0. The second-order valence-corrected chi connectivity index (χ2v) is 9.67. The molecule has 2 rings (SSSR count). The van der Waals surface area contributed by atoms with Gasteiger partial charge < -0.3 is 20.1 Å². The molecule has 0 saturated heterocycles. The van der Waals surface area contributed by atoms with E-state index in [2.05, 4.69) is 10.6 Å². The number of alkyl carbamates (subject to hydrolysis) is 1. The molecule has 2 N–H and O–H groups in total. The number of carbonyl (C=O) groups excluding carboxylic acids is 3. The number of amides is 2. The minimum atomic E-state index is -0.909. The fourth-order valence-corrected chi connectivity index (χ4v) is 3.30. The lowest BCUT2D eigenvalue weighted by atomic mass is 10.0. The monoisotopic (exact) mass is 468 g/mol. The molecule has 0 saturated carbocycles. The van der Waals surface area contributed by atoms with E-state index in [-0.39, 0.29) is 18.9 Å². The summed E-state index contributed by atoms with van der Waals surface area (Å²) in [6.07, 6.45) is -0.0250. The molecule has 0 heterocycles. The third-order valence-electron chi connectivity index (χ3n) is 4.82. The third kappa shape index (κ3) is 10.1. The van der Waals surface area contributed by atoms with Gasteiger partial charge in [-0.05, 0) is 44.2 Å². The zero-order valence-electron chi connectivity index (χ0n) is 20.7. The Balaban J connectivity index is 2.14. The predicted octanol–water partition coefficient (Wildman–Crippen LogP) is 4.40. The molecule has 0 bridgehead atoms. The molecule has 0 radical (unpaired) electrons. The van der Waals surface area contributed by atoms with Crippen LogP contribution in [0.2, 0.25) is 0 Å². The molecule has 0 fully saturated rings. The second kappa shape index (κ2) is 12.8. The second-order valence-electron chi connectivity index (χ2n) is 9.67. The number of hydrogen-bond acceptors (Lipinski definition) is 5. The van der Waals surface area contributed by atoms with E-state index in [4.69, 9.17) is 9.47 Å². The van der Waals surface area contributed by atoms with Crippen molar-refractivity contribution in [1.82, 2.24) is 10.6 Å². The highest BCUT2D eigenvalue weighted by Gasteiger charge is 2.29. The maximum absolute atomic E-state index is 13.2. The molecule has 0 aliphatic rings. The summed E-state index contributed by atoms with van der Waals surface area (Å²) in [7, 11) is 0. The molecular weight excluding hydrogens is 432 g/mol. The third-order valence-corrected chi connectivity index (χ3v) is 4.82. The van der Waals surface area contributed by atoms with Gasteiger partial charge in [-0.25, -0.2) is 9.59 Å². The number of hydrogen-bond donors (Lipinski definition) is 2. The summed E-state index contributed by atoms with van der Waals surface area (Å²) >= 11 is 0. The molecular formula is C27H36N2O5. The van der Waals surface area contributed by atoms with Gasteiger partial charge in [-0.15, -0.1) is 0 Å². The molecule has 1 unspecified atom stereocenters. The highest BCUT2D eigenvalue weighted by atomic mass is 16.6. The molecule has 34 heavy (non-hydrogen) atoms. The van der Waals surface area contributed by atoms with E-state index >= 15 is 0 Å². The van der Waals surface area contributed by atoms with Crippen molar-refractivity contribution in [2.75, 3.05) is 0 Å². The van der Waals surface area contributed by atoms with Crippen LogP contribution in [0.4, 0.5) is 4.79 Å². The SMILES string of the molecule is CC(C)C[C@H](NC(=O)OC(C)(C)C)C(=O)NC(Cc1ccccc1)C(=O)OCc1ccccc1. The van der Waals surface area contributed by atoms with Gasteiger partial charge in [0.25, 0.3) is 0 Å². The smallest absolute Gasteiger partial charge is 0.408 e. The first-order valence-corrected chi connectivity index (χ1v) is 11.6. The van der Waals surface area contributed by atoms with Crippen LogP contribution in [-0.4, -0.2) is 35.7 Å². The Kier molecular flexibility index (Phi) is 10.1. The summed E-state index contributed by atoms with van der Waals surface area (Å²) < 4.78 is 10.8. The summed E-state index contributed by atoms with van der Waals surface area (Å²) in [6, 6.07) is 17.0. The Hall–Kier alpha value is -3.35. The molecule has 0 aliphatic carbocycles. The number of rotatable bonds is 10. The normalized spacial score (nSPS) is 13.0. The summed E-state index contributed by atoms with van der Waals surface area (Å²) in [5.74, 6) is -0.873. The quantitative estimate of drug-likeness (QED) is 0.504. The van der Waals surface area contributed by atoms with Crippen LogP contribution in [0.3, 0.4) is 0 Å². The Morgan fingerprint density at radius 2 is 1.38 bits per heavy atom. The zero-order valence-corrected chi connectivity index (χ0v) is 20.7. The number of nitrogens with one attached hydrogen (secondary N) is 2. The highest BCUT2D eigenvalue weighted by molar-refractivity contribution is 5.89. The number of carbonyl (C=O) groups is 3. The van der Waals surface area contributed by atoms with Gasteiger partial charge in [-0.2, -0.15) is 0 Å². The molecule has 2 aromatic rings. The van der Waals surface area contributed by atoms with E-state index in [1.807, 2.05) is 74.5 Å². The van der Waals surface area contributed by atoms with Crippen molar-refractivity contribution in [2.45, 2.75) is 71.8 Å². The number of ether oxygens (including phenoxy) is 2. The molecule has 7 heteroatoms. The molecule has 2 aromatic carbocycles. The van der Waals surface area contributed by atoms with Crippen LogP contribution in [0.25, 0.3) is 0 Å². The van der Waals surface area contributed by atoms with Crippen molar-refractivity contribution in [2.24, 2.45) is 5.92 Å². The zero-order chi connectivity index (χ0) is 25.1. The van der Waals surface area contributed by atoms with Crippen LogP contribution in [0.5, 0.6) is 0 Å². The highest BCUT2D eigenvalue weighted by Crippen LogP contribution is 2.12. The van der Waals surface area contributed by atoms with Crippen molar-refractivity contribution < 1.29 is 23.9 Å². The number of benzene rings is 2. The fraction of sp³-hybridized carbons (Fsp3) is 0.444. The van der Waals surface area contributed by atoms with Gasteiger partial charge in [-0.3, -0.25) is 4.79 Å². The van der Waals surface area contributed by atoms with Gasteiger partial charge in [0.05, 0.1) is 0 Å². The van der Waals surface area contributed by atoms with Crippen LogP contribution in [-0.2, 0) is 32.1 Å². The van der Waals surface area contributed by atoms with E-state index in [9.17, 15) is 14.4 Å². The summed E-state index contributed by atoms with van der Waals surface area (Å²) in [5.41, 5.74) is 1.04. The summed E-state index contributed by atoms with van der Waals surface area (Å²) in [5, 5.41) is 5.44. The molecule has 0 aromatic heterocycles. The van der Waals surface area contributed by atoms with E-state index in [0.717, 1.165) is 11.1 Å². The molecule has 184 valence electrons. The lowest BCUT2D eigenvalue weighted by molar-refractivity contribution is -0.149. The van der Waals surface area contributed by atoms with Gasteiger partial charge in [0.15, 0.2) is 0 Å². The van der Waals surface area contributed by atoms with Crippen LogP contribution < -0.4 is 10.6 Å². The van der Waals surface area contributed by atoms with Crippen molar-refractivity contribution in [3.8, 4) is 0 Å². The lowest BCUT2D eigenvalue weighted by Crippen LogP contribution is -2.53. The van der Waals surface area contributed by atoms with Crippen LogP contribution >= 0.6 is 0 Å². The topological polar surface area (TPSA) is 93.7 Å². The van der Waals surface area contributed by atoms with Crippen molar-refractivity contribution >= 4 is 18.0 Å². The Morgan fingerprint density at radius 3 is 1.91 bits per heavy atom. The Labute approximate surface area is 202 Å². The van der Waals surface area contributed by atoms with E-state index < -0.39 is 35.7 Å². The van der Waals surface area contributed by atoms with Crippen LogP contribution in [0, 0.1) is 5.92 Å². The van der Waals surface area contributed by atoms with Gasteiger partial charge in [0.1, 0.15) is 24.3 Å².